The summed E-state index contributed by atoms with van der Waals surface area (Å²) in [6.45, 7) is 2.04. The lowest BCUT2D eigenvalue weighted by atomic mass is 10.3. The molecule has 0 aliphatic heterocycles. The number of nitrogens with zero attached hydrogens (tertiary/aromatic N) is 2. The van der Waals surface area contributed by atoms with Crippen LogP contribution in [0.4, 0.5) is 0 Å². The smallest absolute Gasteiger partial charge is 0.0942 e. The first-order valence-electron chi connectivity index (χ1n) is 5.57. The number of fused-ring (bicyclic) bond motifs is 1. The number of para-hydroxylation sites is 1. The van der Waals surface area contributed by atoms with Gasteiger partial charge in [-0.1, -0.05) is 12.1 Å². The highest BCUT2D eigenvalue weighted by atomic mass is 32.1. The molecule has 86 valence electrons. The number of aromatic nitrogens is 2. The second-order valence-electron chi connectivity index (χ2n) is 3.96. The molecule has 3 rings (SSSR count). The summed E-state index contributed by atoms with van der Waals surface area (Å²) in [6, 6.07) is 8.30. The summed E-state index contributed by atoms with van der Waals surface area (Å²) >= 11 is 3.53. The van der Waals surface area contributed by atoms with Crippen LogP contribution in [0.15, 0.2) is 29.6 Å². The minimum absolute atomic E-state index is 0.992. The SMILES string of the molecule is Cc1csc(CCc2nc3ccccc3s2)n1. The Morgan fingerprint density at radius 3 is 2.65 bits per heavy atom. The van der Waals surface area contributed by atoms with Crippen molar-refractivity contribution in [1.29, 1.82) is 0 Å². The average Bonchev–Trinajstić information content (AvgIpc) is 2.91. The maximum absolute atomic E-state index is 4.63. The Bertz CT molecular complexity index is 606. The first-order chi connectivity index (χ1) is 8.31. The van der Waals surface area contributed by atoms with Crippen molar-refractivity contribution in [3.8, 4) is 0 Å². The van der Waals surface area contributed by atoms with E-state index in [1.165, 1.54) is 14.7 Å². The van der Waals surface area contributed by atoms with Gasteiger partial charge in [0.05, 0.1) is 20.2 Å². The van der Waals surface area contributed by atoms with E-state index < -0.39 is 0 Å². The van der Waals surface area contributed by atoms with E-state index in [0.29, 0.717) is 0 Å². The number of benzene rings is 1. The fraction of sp³-hybridized carbons (Fsp3) is 0.231. The van der Waals surface area contributed by atoms with Gasteiger partial charge in [0.25, 0.3) is 0 Å². The van der Waals surface area contributed by atoms with Gasteiger partial charge in [-0.05, 0) is 19.1 Å². The molecule has 0 radical (unpaired) electrons. The molecule has 2 heterocycles. The molecule has 0 aliphatic rings. The lowest BCUT2D eigenvalue weighted by molar-refractivity contribution is 0.928. The van der Waals surface area contributed by atoms with Crippen LogP contribution in [-0.4, -0.2) is 9.97 Å². The van der Waals surface area contributed by atoms with E-state index in [1.807, 2.05) is 13.0 Å². The number of hydrogen-bond donors (Lipinski definition) is 0. The number of thiazole rings is 2. The standard InChI is InChI=1S/C13H12N2S2/c1-9-8-16-12(14-9)6-7-13-15-10-4-2-3-5-11(10)17-13/h2-5,8H,6-7H2,1H3. The van der Waals surface area contributed by atoms with Crippen LogP contribution in [0.2, 0.25) is 0 Å². The monoisotopic (exact) mass is 260 g/mol. The van der Waals surface area contributed by atoms with Gasteiger partial charge in [0.15, 0.2) is 0 Å². The van der Waals surface area contributed by atoms with Crippen LogP contribution in [0.5, 0.6) is 0 Å². The Labute approximate surface area is 108 Å². The van der Waals surface area contributed by atoms with Crippen molar-refractivity contribution >= 4 is 32.9 Å². The van der Waals surface area contributed by atoms with Gasteiger partial charge >= 0.3 is 0 Å². The van der Waals surface area contributed by atoms with Crippen LogP contribution < -0.4 is 0 Å². The predicted octanol–water partition coefficient (Wildman–Crippen LogP) is 3.85. The van der Waals surface area contributed by atoms with Crippen LogP contribution in [0.25, 0.3) is 10.2 Å². The fourth-order valence-electron chi connectivity index (χ4n) is 1.76. The Balaban J connectivity index is 1.76. The zero-order chi connectivity index (χ0) is 11.7. The summed E-state index contributed by atoms with van der Waals surface area (Å²) in [7, 11) is 0. The zero-order valence-electron chi connectivity index (χ0n) is 9.51. The zero-order valence-corrected chi connectivity index (χ0v) is 11.1. The molecule has 17 heavy (non-hydrogen) atoms. The maximum atomic E-state index is 4.63. The summed E-state index contributed by atoms with van der Waals surface area (Å²) in [6.07, 6.45) is 1.99. The second-order valence-corrected chi connectivity index (χ2v) is 6.02. The maximum Gasteiger partial charge on any atom is 0.0942 e. The molecule has 0 spiro atoms. The van der Waals surface area contributed by atoms with Crippen LogP contribution in [0.1, 0.15) is 15.7 Å². The highest BCUT2D eigenvalue weighted by Crippen LogP contribution is 2.23. The van der Waals surface area contributed by atoms with Crippen molar-refractivity contribution in [3.05, 3.63) is 45.4 Å². The molecule has 1 aromatic carbocycles. The lowest BCUT2D eigenvalue weighted by Crippen LogP contribution is -1.89. The molecule has 0 saturated heterocycles. The molecule has 0 unspecified atom stereocenters. The van der Waals surface area contributed by atoms with Crippen molar-refractivity contribution in [2.24, 2.45) is 0 Å². The van der Waals surface area contributed by atoms with E-state index in [1.54, 1.807) is 22.7 Å². The third-order valence-corrected chi connectivity index (χ3v) is 4.68. The number of aryl methyl sites for hydroxylation is 3. The Morgan fingerprint density at radius 1 is 1.06 bits per heavy atom. The summed E-state index contributed by atoms with van der Waals surface area (Å²) in [4.78, 5) is 9.10. The molecule has 0 aliphatic carbocycles. The molecule has 3 aromatic rings. The van der Waals surface area contributed by atoms with Crippen LogP contribution in [0, 0.1) is 6.92 Å². The quantitative estimate of drug-likeness (QED) is 0.715. The van der Waals surface area contributed by atoms with Gasteiger partial charge in [-0.25, -0.2) is 9.97 Å². The Kier molecular flexibility index (Phi) is 2.91. The van der Waals surface area contributed by atoms with Crippen molar-refractivity contribution in [2.75, 3.05) is 0 Å². The van der Waals surface area contributed by atoms with Crippen LogP contribution >= 0.6 is 22.7 Å². The van der Waals surface area contributed by atoms with E-state index >= 15 is 0 Å². The third kappa shape index (κ3) is 2.37. The van der Waals surface area contributed by atoms with Crippen LogP contribution in [-0.2, 0) is 12.8 Å². The number of hydrogen-bond acceptors (Lipinski definition) is 4. The molecule has 0 fully saturated rings. The molecule has 4 heteroatoms. The molecule has 0 bridgehead atoms. The van der Waals surface area contributed by atoms with Gasteiger partial charge in [-0.15, -0.1) is 22.7 Å². The average molecular weight is 260 g/mol. The van der Waals surface area contributed by atoms with Crippen molar-refractivity contribution < 1.29 is 0 Å². The van der Waals surface area contributed by atoms with Crippen molar-refractivity contribution in [2.45, 2.75) is 19.8 Å². The van der Waals surface area contributed by atoms with E-state index in [2.05, 4.69) is 33.5 Å². The van der Waals surface area contributed by atoms with Gasteiger partial charge in [0.2, 0.25) is 0 Å². The molecule has 0 saturated carbocycles. The Hall–Kier alpha value is -1.26. The van der Waals surface area contributed by atoms with Gasteiger partial charge in [0, 0.05) is 23.9 Å². The molecular weight excluding hydrogens is 248 g/mol. The first-order valence-corrected chi connectivity index (χ1v) is 7.26. The Morgan fingerprint density at radius 2 is 1.88 bits per heavy atom. The van der Waals surface area contributed by atoms with E-state index in [-0.39, 0.29) is 0 Å². The highest BCUT2D eigenvalue weighted by molar-refractivity contribution is 7.18. The highest BCUT2D eigenvalue weighted by Gasteiger charge is 2.05. The summed E-state index contributed by atoms with van der Waals surface area (Å²) in [5, 5.41) is 4.52. The lowest BCUT2D eigenvalue weighted by Gasteiger charge is -1.91. The largest absolute Gasteiger partial charge is 0.247 e. The summed E-state index contributed by atoms with van der Waals surface area (Å²) in [5.74, 6) is 0. The van der Waals surface area contributed by atoms with Crippen molar-refractivity contribution in [1.82, 2.24) is 9.97 Å². The summed E-state index contributed by atoms with van der Waals surface area (Å²) in [5.41, 5.74) is 2.23. The summed E-state index contributed by atoms with van der Waals surface area (Å²) < 4.78 is 1.28. The van der Waals surface area contributed by atoms with Gasteiger partial charge in [-0.2, -0.15) is 0 Å². The van der Waals surface area contributed by atoms with Gasteiger partial charge in [-0.3, -0.25) is 0 Å². The van der Waals surface area contributed by atoms with E-state index in [0.717, 1.165) is 24.1 Å². The van der Waals surface area contributed by atoms with Crippen LogP contribution in [0.3, 0.4) is 0 Å². The number of rotatable bonds is 3. The molecule has 0 N–H and O–H groups in total. The molecule has 2 nitrogen and oxygen atoms in total. The van der Waals surface area contributed by atoms with E-state index in [9.17, 15) is 0 Å². The molecule has 2 aromatic heterocycles. The normalized spacial score (nSPS) is 11.1. The van der Waals surface area contributed by atoms with Gasteiger partial charge in [0.1, 0.15) is 0 Å². The molecular formula is C13H12N2S2. The molecule has 0 atom stereocenters. The fourth-order valence-corrected chi connectivity index (χ4v) is 3.50. The van der Waals surface area contributed by atoms with E-state index in [4.69, 9.17) is 0 Å². The predicted molar refractivity (Wildman–Crippen MR) is 73.9 cm³/mol. The minimum Gasteiger partial charge on any atom is -0.247 e. The second kappa shape index (κ2) is 4.55. The third-order valence-electron chi connectivity index (χ3n) is 2.56. The first kappa shape index (κ1) is 10.9. The molecule has 0 amide bonds. The topological polar surface area (TPSA) is 25.8 Å². The van der Waals surface area contributed by atoms with Crippen molar-refractivity contribution in [3.63, 3.8) is 0 Å². The van der Waals surface area contributed by atoms with Gasteiger partial charge < -0.3 is 0 Å². The minimum atomic E-state index is 0.992.